The second kappa shape index (κ2) is 6.76. The molecule has 1 aromatic carbocycles. The SMILES string of the molecule is COCCC(N)C(=O)Nc1ccc([N+](=O)[O-])c(F)c1. The minimum absolute atomic E-state index is 0.112. The number of halogens is 1. The van der Waals surface area contributed by atoms with E-state index in [9.17, 15) is 19.3 Å². The summed E-state index contributed by atoms with van der Waals surface area (Å²) < 4.78 is 18.1. The number of methoxy groups -OCH3 is 1. The highest BCUT2D eigenvalue weighted by Crippen LogP contribution is 2.20. The average Bonchev–Trinajstić information content (AvgIpc) is 2.35. The van der Waals surface area contributed by atoms with Crippen molar-refractivity contribution in [1.29, 1.82) is 0 Å². The van der Waals surface area contributed by atoms with Crippen LogP contribution in [-0.4, -0.2) is 30.6 Å². The van der Waals surface area contributed by atoms with Crippen molar-refractivity contribution in [3.63, 3.8) is 0 Å². The first-order chi connectivity index (χ1) is 8.95. The molecule has 0 bridgehead atoms. The maximum atomic E-state index is 13.3. The molecule has 0 spiro atoms. The Hall–Kier alpha value is -2.06. The summed E-state index contributed by atoms with van der Waals surface area (Å²) in [7, 11) is 1.48. The summed E-state index contributed by atoms with van der Waals surface area (Å²) in [6.07, 6.45) is 0.317. The van der Waals surface area contributed by atoms with Gasteiger partial charge in [0, 0.05) is 31.5 Å². The summed E-state index contributed by atoms with van der Waals surface area (Å²) in [6, 6.07) is 2.30. The summed E-state index contributed by atoms with van der Waals surface area (Å²) in [5.74, 6) is -1.53. The fourth-order valence-electron chi connectivity index (χ4n) is 1.34. The quantitative estimate of drug-likeness (QED) is 0.593. The Balaban J connectivity index is 2.70. The number of hydrogen-bond donors (Lipinski definition) is 2. The number of carbonyl (C=O) groups is 1. The van der Waals surface area contributed by atoms with E-state index in [4.69, 9.17) is 10.5 Å². The second-order valence-corrected chi connectivity index (χ2v) is 3.80. The van der Waals surface area contributed by atoms with Crippen LogP contribution >= 0.6 is 0 Å². The van der Waals surface area contributed by atoms with E-state index in [2.05, 4.69) is 5.32 Å². The third-order valence-corrected chi connectivity index (χ3v) is 2.38. The summed E-state index contributed by atoms with van der Waals surface area (Å²) in [5, 5.41) is 12.8. The first-order valence-corrected chi connectivity index (χ1v) is 5.45. The van der Waals surface area contributed by atoms with Crippen molar-refractivity contribution < 1.29 is 18.8 Å². The van der Waals surface area contributed by atoms with Crippen LogP contribution in [0.2, 0.25) is 0 Å². The number of nitrogens with two attached hydrogens (primary N) is 1. The van der Waals surface area contributed by atoms with Crippen molar-refractivity contribution in [3.8, 4) is 0 Å². The predicted octanol–water partition coefficient (Wildman–Crippen LogP) is 1.04. The van der Waals surface area contributed by atoms with Gasteiger partial charge in [0.05, 0.1) is 11.0 Å². The molecule has 0 heterocycles. The van der Waals surface area contributed by atoms with Gasteiger partial charge in [0.1, 0.15) is 0 Å². The Kier molecular flexibility index (Phi) is 5.34. The summed E-state index contributed by atoms with van der Waals surface area (Å²) in [5.41, 5.74) is 5.03. The third kappa shape index (κ3) is 4.27. The summed E-state index contributed by atoms with van der Waals surface area (Å²) in [6.45, 7) is 0.323. The van der Waals surface area contributed by atoms with Crippen LogP contribution in [0.5, 0.6) is 0 Å². The third-order valence-electron chi connectivity index (χ3n) is 2.38. The van der Waals surface area contributed by atoms with E-state index in [0.29, 0.717) is 13.0 Å². The van der Waals surface area contributed by atoms with E-state index in [1.165, 1.54) is 13.2 Å². The maximum Gasteiger partial charge on any atom is 0.304 e. The Morgan fingerprint density at radius 3 is 2.84 bits per heavy atom. The standard InChI is InChI=1S/C11H14FN3O4/c1-19-5-4-9(13)11(16)14-7-2-3-10(15(17)18)8(12)6-7/h2-3,6,9H,4-5,13H2,1H3,(H,14,16). The Bertz CT molecular complexity index is 481. The van der Waals surface area contributed by atoms with Crippen LogP contribution < -0.4 is 11.1 Å². The first-order valence-electron chi connectivity index (χ1n) is 5.45. The largest absolute Gasteiger partial charge is 0.385 e. The lowest BCUT2D eigenvalue weighted by Gasteiger charge is -2.11. The normalized spacial score (nSPS) is 11.9. The smallest absolute Gasteiger partial charge is 0.304 e. The molecule has 0 radical (unpaired) electrons. The van der Waals surface area contributed by atoms with Crippen LogP contribution in [0.25, 0.3) is 0 Å². The van der Waals surface area contributed by atoms with Crippen LogP contribution in [-0.2, 0) is 9.53 Å². The van der Waals surface area contributed by atoms with Gasteiger partial charge in [0.2, 0.25) is 11.7 Å². The molecule has 0 aliphatic carbocycles. The van der Waals surface area contributed by atoms with E-state index in [1.807, 2.05) is 0 Å². The summed E-state index contributed by atoms with van der Waals surface area (Å²) in [4.78, 5) is 21.2. The Labute approximate surface area is 108 Å². The minimum atomic E-state index is -1.02. The van der Waals surface area contributed by atoms with Crippen molar-refractivity contribution in [1.82, 2.24) is 0 Å². The molecule has 0 aromatic heterocycles. The van der Waals surface area contributed by atoms with Gasteiger partial charge < -0.3 is 15.8 Å². The molecule has 0 fully saturated rings. The number of anilines is 1. The van der Waals surface area contributed by atoms with E-state index < -0.39 is 28.4 Å². The molecule has 1 unspecified atom stereocenters. The summed E-state index contributed by atoms with van der Waals surface area (Å²) >= 11 is 0. The van der Waals surface area contributed by atoms with E-state index in [-0.39, 0.29) is 5.69 Å². The number of ether oxygens (including phenoxy) is 1. The van der Waals surface area contributed by atoms with E-state index in [1.54, 1.807) is 0 Å². The van der Waals surface area contributed by atoms with Crippen molar-refractivity contribution >= 4 is 17.3 Å². The van der Waals surface area contributed by atoms with Crippen LogP contribution in [0.4, 0.5) is 15.8 Å². The first kappa shape index (κ1) is 15.0. The highest BCUT2D eigenvalue weighted by molar-refractivity contribution is 5.94. The molecule has 0 aliphatic rings. The van der Waals surface area contributed by atoms with Crippen molar-refractivity contribution in [3.05, 3.63) is 34.1 Å². The van der Waals surface area contributed by atoms with E-state index in [0.717, 1.165) is 12.1 Å². The Morgan fingerprint density at radius 1 is 1.63 bits per heavy atom. The van der Waals surface area contributed by atoms with Gasteiger partial charge in [-0.25, -0.2) is 0 Å². The number of nitro groups is 1. The monoisotopic (exact) mass is 271 g/mol. The maximum absolute atomic E-state index is 13.3. The van der Waals surface area contributed by atoms with Crippen molar-refractivity contribution in [2.75, 3.05) is 19.0 Å². The van der Waals surface area contributed by atoms with Gasteiger partial charge in [0.25, 0.3) is 0 Å². The molecule has 104 valence electrons. The zero-order valence-corrected chi connectivity index (χ0v) is 10.3. The van der Waals surface area contributed by atoms with Gasteiger partial charge in [-0.1, -0.05) is 0 Å². The molecule has 1 rings (SSSR count). The predicted molar refractivity (Wildman–Crippen MR) is 66.2 cm³/mol. The molecular formula is C11H14FN3O4. The van der Waals surface area contributed by atoms with Crippen LogP contribution in [0.15, 0.2) is 18.2 Å². The second-order valence-electron chi connectivity index (χ2n) is 3.80. The van der Waals surface area contributed by atoms with Gasteiger partial charge in [0.15, 0.2) is 0 Å². The van der Waals surface area contributed by atoms with Gasteiger partial charge >= 0.3 is 5.69 Å². The molecule has 0 saturated carbocycles. The number of amides is 1. The zero-order chi connectivity index (χ0) is 14.4. The number of nitrogens with one attached hydrogen (secondary N) is 1. The molecule has 1 atom stereocenters. The molecular weight excluding hydrogens is 257 g/mol. The highest BCUT2D eigenvalue weighted by Gasteiger charge is 2.17. The molecule has 0 saturated heterocycles. The van der Waals surface area contributed by atoms with Crippen LogP contribution in [0, 0.1) is 15.9 Å². The molecule has 1 aromatic rings. The van der Waals surface area contributed by atoms with Gasteiger partial charge in [-0.15, -0.1) is 0 Å². The molecule has 7 nitrogen and oxygen atoms in total. The minimum Gasteiger partial charge on any atom is -0.385 e. The molecule has 3 N–H and O–H groups in total. The zero-order valence-electron chi connectivity index (χ0n) is 10.3. The fraction of sp³-hybridized carbons (Fsp3) is 0.364. The molecule has 19 heavy (non-hydrogen) atoms. The Morgan fingerprint density at radius 2 is 2.32 bits per heavy atom. The lowest BCUT2D eigenvalue weighted by Crippen LogP contribution is -2.36. The van der Waals surface area contributed by atoms with Crippen LogP contribution in [0.3, 0.4) is 0 Å². The lowest BCUT2D eigenvalue weighted by molar-refractivity contribution is -0.387. The molecule has 0 aliphatic heterocycles. The number of nitro benzene ring substituents is 1. The molecule has 1 amide bonds. The van der Waals surface area contributed by atoms with E-state index >= 15 is 0 Å². The van der Waals surface area contributed by atoms with Gasteiger partial charge in [-0.2, -0.15) is 4.39 Å². The number of benzene rings is 1. The van der Waals surface area contributed by atoms with Crippen LogP contribution in [0.1, 0.15) is 6.42 Å². The lowest BCUT2D eigenvalue weighted by atomic mass is 10.2. The topological polar surface area (TPSA) is 107 Å². The van der Waals surface area contributed by atoms with Crippen molar-refractivity contribution in [2.45, 2.75) is 12.5 Å². The molecule has 8 heteroatoms. The number of carbonyl (C=O) groups excluding carboxylic acids is 1. The van der Waals surface area contributed by atoms with Gasteiger partial charge in [-0.05, 0) is 12.5 Å². The number of nitrogens with zero attached hydrogens (tertiary/aromatic N) is 1. The average molecular weight is 271 g/mol. The number of hydrogen-bond acceptors (Lipinski definition) is 5. The highest BCUT2D eigenvalue weighted by atomic mass is 19.1. The fourth-order valence-corrected chi connectivity index (χ4v) is 1.34. The van der Waals surface area contributed by atoms with Gasteiger partial charge in [-0.3, -0.25) is 14.9 Å². The number of rotatable bonds is 6. The van der Waals surface area contributed by atoms with Crippen molar-refractivity contribution in [2.24, 2.45) is 5.73 Å².